The second-order valence-electron chi connectivity index (χ2n) is 9.31. The van der Waals surface area contributed by atoms with Crippen LogP contribution < -0.4 is 11.1 Å². The van der Waals surface area contributed by atoms with Crippen molar-refractivity contribution in [3.8, 4) is 0 Å². The van der Waals surface area contributed by atoms with E-state index in [1.807, 2.05) is 34.9 Å². The summed E-state index contributed by atoms with van der Waals surface area (Å²) in [7, 11) is -1.32. The van der Waals surface area contributed by atoms with E-state index >= 15 is 0 Å². The number of nitrogens with one attached hydrogen (secondary N) is 1. The van der Waals surface area contributed by atoms with Gasteiger partial charge in [0.15, 0.2) is 5.85 Å². The van der Waals surface area contributed by atoms with Crippen LogP contribution in [0.5, 0.6) is 0 Å². The summed E-state index contributed by atoms with van der Waals surface area (Å²) >= 11 is 0. The molecule has 1 aromatic carbocycles. The van der Waals surface area contributed by atoms with Gasteiger partial charge in [0.25, 0.3) is 0 Å². The smallest absolute Gasteiger partial charge is 0.359 e. The van der Waals surface area contributed by atoms with Gasteiger partial charge in [0.2, 0.25) is 5.91 Å². The Hall–Kier alpha value is -2.07. The topological polar surface area (TPSA) is 138 Å². The number of aliphatic hydroxyl groups is 1. The predicted octanol–water partition coefficient (Wildman–Crippen LogP) is 3.19. The van der Waals surface area contributed by atoms with Crippen molar-refractivity contribution in [3.63, 3.8) is 0 Å². The summed E-state index contributed by atoms with van der Waals surface area (Å²) in [5.74, 6) is -1.70. The number of primary amides is 1. The minimum absolute atomic E-state index is 0.224. The molecule has 1 saturated carbocycles. The zero-order valence-corrected chi connectivity index (χ0v) is 22.0. The number of ether oxygens (including phenoxy) is 1. The maximum atomic E-state index is 13.0. The third kappa shape index (κ3) is 7.96. The Labute approximate surface area is 213 Å². The number of nitrogens with zero attached hydrogens (tertiary/aromatic N) is 2. The molecule has 11 heteroatoms. The van der Waals surface area contributed by atoms with Crippen LogP contribution in [0.4, 0.5) is 0 Å². The zero-order valence-electron chi connectivity index (χ0n) is 21.1. The van der Waals surface area contributed by atoms with E-state index in [1.165, 1.54) is 20.6 Å². The van der Waals surface area contributed by atoms with Gasteiger partial charge in [0.05, 0.1) is 19.0 Å². The van der Waals surface area contributed by atoms with Crippen LogP contribution in [0.25, 0.3) is 0 Å². The maximum absolute atomic E-state index is 13.0. The lowest BCUT2D eigenvalue weighted by atomic mass is 9.84. The van der Waals surface area contributed by atoms with Crippen molar-refractivity contribution >= 4 is 13.5 Å². The number of hydrogen-bond acceptors (Lipinski definition) is 8. The molecule has 4 N–H and O–H groups in total. The van der Waals surface area contributed by atoms with Gasteiger partial charge in [-0.1, -0.05) is 62.4 Å². The Balaban J connectivity index is 1.70. The monoisotopic (exact) mass is 522 g/mol. The average molecular weight is 523 g/mol. The molecule has 1 aliphatic carbocycles. The molecule has 1 fully saturated rings. The van der Waals surface area contributed by atoms with Gasteiger partial charge in [-0.15, -0.1) is 0 Å². The van der Waals surface area contributed by atoms with Gasteiger partial charge in [0.1, 0.15) is 6.73 Å². The van der Waals surface area contributed by atoms with Crippen LogP contribution in [0.15, 0.2) is 42.9 Å². The molecule has 2 aromatic rings. The molecule has 0 saturated heterocycles. The number of carbonyl (C=O) groups excluding carboxylic acids is 1. The molecule has 200 valence electrons. The molecule has 0 radical (unpaired) electrons. The fourth-order valence-corrected chi connectivity index (χ4v) is 5.98. The number of hydrogen-bond donors (Lipinski definition) is 3. The quantitative estimate of drug-likeness (QED) is 0.303. The van der Waals surface area contributed by atoms with Crippen molar-refractivity contribution in [3.05, 3.63) is 54.1 Å². The number of imidazole rings is 1. The molecule has 0 bridgehead atoms. The molecule has 36 heavy (non-hydrogen) atoms. The molecule has 1 heterocycles. The molecule has 1 aliphatic rings. The zero-order chi connectivity index (χ0) is 26.0. The van der Waals surface area contributed by atoms with Crippen molar-refractivity contribution in [2.24, 2.45) is 11.7 Å². The molecule has 0 aliphatic heterocycles. The number of aromatic nitrogens is 2. The van der Waals surface area contributed by atoms with Crippen molar-refractivity contribution in [2.45, 2.75) is 76.2 Å². The van der Waals surface area contributed by atoms with E-state index in [9.17, 15) is 14.5 Å². The second-order valence-corrected chi connectivity index (χ2v) is 11.6. The van der Waals surface area contributed by atoms with Crippen LogP contribution in [-0.4, -0.2) is 52.7 Å². The van der Waals surface area contributed by atoms with E-state index in [1.54, 1.807) is 12.5 Å². The molecule has 3 atom stereocenters. The van der Waals surface area contributed by atoms with Crippen molar-refractivity contribution in [2.75, 3.05) is 14.2 Å². The van der Waals surface area contributed by atoms with Crippen molar-refractivity contribution in [1.29, 1.82) is 0 Å². The third-order valence-electron chi connectivity index (χ3n) is 6.82. The standard InChI is InChI=1S/C25H39N4O6P/c1-33-36(32,34-2)25(31)23(13-19-9-5-3-6-10-19)28-22(24(26)30)14-21-15-27-17-29(21)18-35-16-20-11-7-4-8-12-20/h4,7-8,11-12,15,17,19,22-23,25,28,31H,3,5-6,9-10,13-14,16,18H2,1-2H3,(H2,26,30)/t22-,23-,25?/m0/s1. The van der Waals surface area contributed by atoms with Crippen LogP contribution >= 0.6 is 7.60 Å². The fraction of sp³-hybridized carbons (Fsp3) is 0.600. The van der Waals surface area contributed by atoms with Gasteiger partial charge in [-0.2, -0.15) is 0 Å². The predicted molar refractivity (Wildman–Crippen MR) is 136 cm³/mol. The third-order valence-corrected chi connectivity index (χ3v) is 8.84. The van der Waals surface area contributed by atoms with Gasteiger partial charge >= 0.3 is 7.60 Å². The molecular formula is C25H39N4O6P. The highest BCUT2D eigenvalue weighted by Gasteiger charge is 2.41. The Morgan fingerprint density at radius 2 is 1.92 bits per heavy atom. The minimum atomic E-state index is -3.80. The van der Waals surface area contributed by atoms with Crippen molar-refractivity contribution < 1.29 is 28.3 Å². The molecular weight excluding hydrogens is 483 g/mol. The van der Waals surface area contributed by atoms with Crippen LogP contribution in [0.3, 0.4) is 0 Å². The van der Waals surface area contributed by atoms with Gasteiger partial charge in [0, 0.05) is 38.6 Å². The number of amides is 1. The van der Waals surface area contributed by atoms with Crippen LogP contribution in [0, 0.1) is 5.92 Å². The summed E-state index contributed by atoms with van der Waals surface area (Å²) in [6.45, 7) is 0.696. The minimum Gasteiger partial charge on any atom is -0.379 e. The first-order valence-corrected chi connectivity index (χ1v) is 14.0. The Morgan fingerprint density at radius 3 is 2.56 bits per heavy atom. The molecule has 1 aromatic heterocycles. The summed E-state index contributed by atoms with van der Waals surface area (Å²) in [6.07, 6.45) is 9.49. The second kappa shape index (κ2) is 14.0. The highest BCUT2D eigenvalue weighted by Crippen LogP contribution is 2.52. The molecule has 10 nitrogen and oxygen atoms in total. The number of aliphatic hydroxyl groups excluding tert-OH is 1. The summed E-state index contributed by atoms with van der Waals surface area (Å²) in [5.41, 5.74) is 7.55. The lowest BCUT2D eigenvalue weighted by molar-refractivity contribution is -0.120. The number of benzene rings is 1. The highest BCUT2D eigenvalue weighted by molar-refractivity contribution is 7.54. The maximum Gasteiger partial charge on any atom is 0.359 e. The molecule has 1 unspecified atom stereocenters. The summed E-state index contributed by atoms with van der Waals surface area (Å²) in [6, 6.07) is 8.28. The fourth-order valence-electron chi connectivity index (χ4n) is 4.75. The first-order chi connectivity index (χ1) is 17.4. The first-order valence-electron chi connectivity index (χ1n) is 12.4. The lowest BCUT2D eigenvalue weighted by Gasteiger charge is -2.34. The lowest BCUT2D eigenvalue weighted by Crippen LogP contribution is -2.52. The summed E-state index contributed by atoms with van der Waals surface area (Å²) < 4.78 is 30.8. The van der Waals surface area contributed by atoms with Gasteiger partial charge in [-0.05, 0) is 17.9 Å². The highest BCUT2D eigenvalue weighted by atomic mass is 31.2. The van der Waals surface area contributed by atoms with Gasteiger partial charge < -0.3 is 29.2 Å². The van der Waals surface area contributed by atoms with E-state index in [4.69, 9.17) is 19.5 Å². The Bertz CT molecular complexity index is 974. The Kier molecular flexibility index (Phi) is 11.1. The van der Waals surface area contributed by atoms with Crippen molar-refractivity contribution in [1.82, 2.24) is 14.9 Å². The number of rotatable bonds is 15. The van der Waals surface area contributed by atoms with Crippen LogP contribution in [-0.2, 0) is 42.9 Å². The largest absolute Gasteiger partial charge is 0.379 e. The first kappa shape index (κ1) is 28.5. The normalized spacial score (nSPS) is 17.5. The average Bonchev–Trinajstić information content (AvgIpc) is 3.34. The molecule has 1 amide bonds. The molecule has 3 rings (SSSR count). The van der Waals surface area contributed by atoms with Crippen LogP contribution in [0.1, 0.15) is 49.8 Å². The van der Waals surface area contributed by atoms with Gasteiger partial charge in [-0.3, -0.25) is 14.7 Å². The van der Waals surface area contributed by atoms with Crippen LogP contribution in [0.2, 0.25) is 0 Å². The molecule has 0 spiro atoms. The van der Waals surface area contributed by atoms with E-state index in [0.29, 0.717) is 18.9 Å². The van der Waals surface area contributed by atoms with Gasteiger partial charge in [-0.25, -0.2) is 4.98 Å². The van der Waals surface area contributed by atoms with E-state index in [-0.39, 0.29) is 13.2 Å². The van der Waals surface area contributed by atoms with E-state index in [0.717, 1.165) is 36.9 Å². The number of carbonyl (C=O) groups is 1. The van der Waals surface area contributed by atoms with E-state index in [2.05, 4.69) is 10.3 Å². The van der Waals surface area contributed by atoms with E-state index < -0.39 is 31.4 Å². The summed E-state index contributed by atoms with van der Waals surface area (Å²) in [4.78, 5) is 16.7. The Morgan fingerprint density at radius 1 is 1.22 bits per heavy atom. The SMILES string of the molecule is COP(=O)(OC)C(O)[C@H](CC1CCCCC1)N[C@@H](Cc1cncn1COCc1ccccc1)C(N)=O. The number of nitrogens with two attached hydrogens (primary N) is 1. The summed E-state index contributed by atoms with van der Waals surface area (Å²) in [5, 5.41) is 14.2.